The molecule has 0 spiro atoms. The Hall–Kier alpha value is -3.65. The number of rotatable bonds is 12. The number of nitrogens with zero attached hydrogens (tertiary/aromatic N) is 2. The first-order valence-corrected chi connectivity index (χ1v) is 14.6. The number of nitrogens with one attached hydrogen (secondary N) is 1. The van der Waals surface area contributed by atoms with E-state index in [0.29, 0.717) is 18.7 Å². The van der Waals surface area contributed by atoms with Gasteiger partial charge in [0.2, 0.25) is 21.8 Å². The fraction of sp³-hybridized carbons (Fsp3) is 0.333. The largest absolute Gasteiger partial charge is 0.354 e. The van der Waals surface area contributed by atoms with E-state index in [-0.39, 0.29) is 12.5 Å². The second-order valence-corrected chi connectivity index (χ2v) is 11.5. The molecular weight excluding hydrogens is 498 g/mol. The summed E-state index contributed by atoms with van der Waals surface area (Å²) in [6.45, 7) is 5.97. The lowest BCUT2D eigenvalue weighted by Crippen LogP contribution is -2.53. The topological polar surface area (TPSA) is 86.8 Å². The molecule has 3 rings (SSSR count). The molecule has 1 N–H and O–H groups in total. The first-order valence-electron chi connectivity index (χ1n) is 12.8. The van der Waals surface area contributed by atoms with Crippen molar-refractivity contribution in [3.8, 4) is 0 Å². The number of hydrogen-bond acceptors (Lipinski definition) is 4. The van der Waals surface area contributed by atoms with Gasteiger partial charge in [-0.3, -0.25) is 13.9 Å². The molecule has 0 aliphatic carbocycles. The Kier molecular flexibility index (Phi) is 10.1. The van der Waals surface area contributed by atoms with E-state index >= 15 is 0 Å². The van der Waals surface area contributed by atoms with Crippen LogP contribution in [0.2, 0.25) is 0 Å². The van der Waals surface area contributed by atoms with Gasteiger partial charge in [0.25, 0.3) is 0 Å². The summed E-state index contributed by atoms with van der Waals surface area (Å²) in [5.74, 6) is -0.719. The van der Waals surface area contributed by atoms with Gasteiger partial charge in [0, 0.05) is 19.5 Å². The van der Waals surface area contributed by atoms with Crippen molar-refractivity contribution in [1.82, 2.24) is 10.2 Å². The molecule has 0 aliphatic rings. The monoisotopic (exact) mass is 535 g/mol. The standard InChI is InChI=1S/C30H37N3O4S/c1-5-16-31-30(35)28(20-25-12-8-6-9-13-25)32(21-26-14-10-7-11-15-26)29(34)22-33(38(4,36)37)27-18-23(2)17-24(3)19-27/h6-15,17-19,28H,5,16,20-22H2,1-4H3,(H,31,35)/t28-/m1/s1. The van der Waals surface area contributed by atoms with E-state index < -0.39 is 28.5 Å². The number of carbonyl (C=O) groups excluding carboxylic acids is 2. The Morgan fingerprint density at radius 1 is 0.868 bits per heavy atom. The third-order valence-electron chi connectivity index (χ3n) is 6.19. The van der Waals surface area contributed by atoms with Gasteiger partial charge in [-0.2, -0.15) is 0 Å². The molecule has 0 bridgehead atoms. The Morgan fingerprint density at radius 2 is 1.42 bits per heavy atom. The number of aryl methyl sites for hydroxylation is 2. The normalized spacial score (nSPS) is 12.0. The maximum absolute atomic E-state index is 14.0. The molecule has 3 aromatic carbocycles. The summed E-state index contributed by atoms with van der Waals surface area (Å²) in [6, 6.07) is 23.6. The van der Waals surface area contributed by atoms with Crippen molar-refractivity contribution < 1.29 is 18.0 Å². The molecule has 2 amide bonds. The number of anilines is 1. The molecule has 0 heterocycles. The number of hydrogen-bond donors (Lipinski definition) is 1. The van der Waals surface area contributed by atoms with E-state index in [1.54, 1.807) is 12.1 Å². The summed E-state index contributed by atoms with van der Waals surface area (Å²) in [5, 5.41) is 2.94. The van der Waals surface area contributed by atoms with E-state index in [2.05, 4.69) is 5.32 Å². The molecule has 0 fully saturated rings. The molecule has 7 nitrogen and oxygen atoms in total. The Labute approximate surface area is 226 Å². The van der Waals surface area contributed by atoms with Crippen LogP contribution >= 0.6 is 0 Å². The maximum Gasteiger partial charge on any atom is 0.244 e. The molecular formula is C30H37N3O4S. The van der Waals surface area contributed by atoms with Gasteiger partial charge in [-0.15, -0.1) is 0 Å². The maximum atomic E-state index is 14.0. The zero-order chi connectivity index (χ0) is 27.7. The highest BCUT2D eigenvalue weighted by Crippen LogP contribution is 2.23. The van der Waals surface area contributed by atoms with E-state index in [9.17, 15) is 18.0 Å². The Balaban J connectivity index is 2.04. The molecule has 1 atom stereocenters. The van der Waals surface area contributed by atoms with Crippen LogP contribution in [0.25, 0.3) is 0 Å². The number of sulfonamides is 1. The molecule has 3 aromatic rings. The molecule has 38 heavy (non-hydrogen) atoms. The second-order valence-electron chi connectivity index (χ2n) is 9.62. The lowest BCUT2D eigenvalue weighted by molar-refractivity contribution is -0.140. The number of carbonyl (C=O) groups is 2. The van der Waals surface area contributed by atoms with Crippen LogP contribution < -0.4 is 9.62 Å². The molecule has 202 valence electrons. The summed E-state index contributed by atoms with van der Waals surface area (Å²) in [7, 11) is -3.79. The summed E-state index contributed by atoms with van der Waals surface area (Å²) >= 11 is 0. The van der Waals surface area contributed by atoms with Crippen molar-refractivity contribution in [3.63, 3.8) is 0 Å². The summed E-state index contributed by atoms with van der Waals surface area (Å²) in [5.41, 5.74) is 3.96. The predicted octanol–water partition coefficient (Wildman–Crippen LogP) is 4.24. The van der Waals surface area contributed by atoms with Crippen LogP contribution in [-0.4, -0.2) is 50.5 Å². The van der Waals surface area contributed by atoms with E-state index in [0.717, 1.165) is 39.2 Å². The highest BCUT2D eigenvalue weighted by molar-refractivity contribution is 7.92. The average molecular weight is 536 g/mol. The van der Waals surface area contributed by atoms with Crippen molar-refractivity contribution in [1.29, 1.82) is 0 Å². The van der Waals surface area contributed by atoms with Crippen LogP contribution in [0, 0.1) is 13.8 Å². The minimum absolute atomic E-state index is 0.168. The van der Waals surface area contributed by atoms with Crippen LogP contribution in [0.1, 0.15) is 35.6 Å². The summed E-state index contributed by atoms with van der Waals surface area (Å²) in [4.78, 5) is 29.0. The first-order chi connectivity index (χ1) is 18.1. The van der Waals surface area contributed by atoms with Gasteiger partial charge < -0.3 is 10.2 Å². The van der Waals surface area contributed by atoms with Crippen LogP contribution in [0.15, 0.2) is 78.9 Å². The molecule has 0 aliphatic heterocycles. The van der Waals surface area contributed by atoms with E-state index in [4.69, 9.17) is 0 Å². The lowest BCUT2D eigenvalue weighted by Gasteiger charge is -2.33. The van der Waals surface area contributed by atoms with Gasteiger partial charge in [-0.05, 0) is 54.7 Å². The first kappa shape index (κ1) is 28.9. The van der Waals surface area contributed by atoms with Crippen molar-refractivity contribution in [2.24, 2.45) is 0 Å². The SMILES string of the molecule is CCCNC(=O)[C@@H](Cc1ccccc1)N(Cc1ccccc1)C(=O)CN(c1cc(C)cc(C)c1)S(C)(=O)=O. The molecule has 8 heteroatoms. The van der Waals surface area contributed by atoms with Crippen molar-refractivity contribution in [3.05, 3.63) is 101 Å². The van der Waals surface area contributed by atoms with Crippen LogP contribution in [-0.2, 0) is 32.6 Å². The zero-order valence-corrected chi connectivity index (χ0v) is 23.4. The van der Waals surface area contributed by atoms with E-state index in [1.165, 1.54) is 4.90 Å². The minimum Gasteiger partial charge on any atom is -0.354 e. The molecule has 0 aromatic heterocycles. The fourth-order valence-corrected chi connectivity index (χ4v) is 5.24. The molecule has 0 saturated carbocycles. The smallest absolute Gasteiger partial charge is 0.244 e. The fourth-order valence-electron chi connectivity index (χ4n) is 4.41. The van der Waals surface area contributed by atoms with Crippen LogP contribution in [0.4, 0.5) is 5.69 Å². The van der Waals surface area contributed by atoms with Gasteiger partial charge in [0.05, 0.1) is 11.9 Å². The van der Waals surface area contributed by atoms with Crippen molar-refractivity contribution in [2.45, 2.75) is 46.2 Å². The highest BCUT2D eigenvalue weighted by Gasteiger charge is 2.33. The van der Waals surface area contributed by atoms with Gasteiger partial charge >= 0.3 is 0 Å². The van der Waals surface area contributed by atoms with Gasteiger partial charge in [-0.1, -0.05) is 73.7 Å². The highest BCUT2D eigenvalue weighted by atomic mass is 32.2. The summed E-state index contributed by atoms with van der Waals surface area (Å²) in [6.07, 6.45) is 2.15. The molecule has 0 unspecified atom stereocenters. The van der Waals surface area contributed by atoms with Crippen LogP contribution in [0.3, 0.4) is 0 Å². The van der Waals surface area contributed by atoms with Gasteiger partial charge in [-0.25, -0.2) is 8.42 Å². The minimum atomic E-state index is -3.79. The number of amides is 2. The third kappa shape index (κ3) is 8.18. The van der Waals surface area contributed by atoms with Gasteiger partial charge in [0.1, 0.15) is 12.6 Å². The molecule has 0 saturated heterocycles. The average Bonchev–Trinajstić information content (AvgIpc) is 2.87. The third-order valence-corrected chi connectivity index (χ3v) is 7.33. The second kappa shape index (κ2) is 13.2. The predicted molar refractivity (Wildman–Crippen MR) is 152 cm³/mol. The summed E-state index contributed by atoms with van der Waals surface area (Å²) < 4.78 is 26.9. The van der Waals surface area contributed by atoms with Crippen molar-refractivity contribution >= 4 is 27.5 Å². The quantitative estimate of drug-likeness (QED) is 0.376. The Bertz CT molecular complexity index is 1310. The van der Waals surface area contributed by atoms with Gasteiger partial charge in [0.15, 0.2) is 0 Å². The van der Waals surface area contributed by atoms with E-state index in [1.807, 2.05) is 87.5 Å². The molecule has 0 radical (unpaired) electrons. The number of benzene rings is 3. The van der Waals surface area contributed by atoms with Crippen LogP contribution in [0.5, 0.6) is 0 Å². The lowest BCUT2D eigenvalue weighted by atomic mass is 10.0. The zero-order valence-electron chi connectivity index (χ0n) is 22.6. The Morgan fingerprint density at radius 3 is 1.95 bits per heavy atom. The van der Waals surface area contributed by atoms with Crippen molar-refractivity contribution in [2.75, 3.05) is 23.7 Å².